The van der Waals surface area contributed by atoms with Crippen molar-refractivity contribution in [3.05, 3.63) is 107 Å². The summed E-state index contributed by atoms with van der Waals surface area (Å²) >= 11 is 0. The number of amides is 1. The molecule has 168 valence electrons. The highest BCUT2D eigenvalue weighted by Gasteiger charge is 2.14. The Morgan fingerprint density at radius 1 is 0.912 bits per heavy atom. The van der Waals surface area contributed by atoms with Gasteiger partial charge in [-0.15, -0.1) is 0 Å². The van der Waals surface area contributed by atoms with Crippen LogP contribution in [0.1, 0.15) is 15.9 Å². The summed E-state index contributed by atoms with van der Waals surface area (Å²) in [6, 6.07) is 22.7. The number of hydrogen-bond donors (Lipinski definition) is 2. The molecule has 0 saturated heterocycles. The van der Waals surface area contributed by atoms with Crippen LogP contribution in [0.5, 0.6) is 0 Å². The highest BCUT2D eigenvalue weighted by molar-refractivity contribution is 5.93. The molecule has 5 rings (SSSR count). The molecule has 1 amide bonds. The second-order valence-corrected chi connectivity index (χ2v) is 7.86. The molecule has 0 radical (unpaired) electrons. The van der Waals surface area contributed by atoms with Gasteiger partial charge in [0, 0.05) is 17.8 Å². The molecule has 2 aromatic heterocycles. The molecule has 3 N–H and O–H groups in total. The molecular formula is C26H22N6O2. The van der Waals surface area contributed by atoms with Crippen LogP contribution in [0.4, 0.5) is 0 Å². The van der Waals surface area contributed by atoms with Gasteiger partial charge in [0.2, 0.25) is 5.91 Å². The summed E-state index contributed by atoms with van der Waals surface area (Å²) in [5, 5.41) is 3.19. The summed E-state index contributed by atoms with van der Waals surface area (Å²) in [4.78, 5) is 33.7. The molecule has 0 fully saturated rings. The average molecular weight is 451 g/mol. The monoisotopic (exact) mass is 450 g/mol. The lowest BCUT2D eigenvalue weighted by atomic mass is 9.99. The van der Waals surface area contributed by atoms with Gasteiger partial charge in [0.1, 0.15) is 12.7 Å². The fraction of sp³-hybridized carbons (Fsp3) is 0.0769. The number of nitrogens with one attached hydrogen (secondary N) is 1. The van der Waals surface area contributed by atoms with Crippen LogP contribution in [-0.4, -0.2) is 32.1 Å². The summed E-state index contributed by atoms with van der Waals surface area (Å²) in [6.45, 7) is 0.763. The number of nitrogens with zero attached hydrogens (tertiary/aromatic N) is 4. The topological polar surface area (TPSA) is 108 Å². The lowest BCUT2D eigenvalue weighted by Gasteiger charge is -2.11. The van der Waals surface area contributed by atoms with Gasteiger partial charge in [-0.25, -0.2) is 9.97 Å². The van der Waals surface area contributed by atoms with E-state index in [1.54, 1.807) is 28.8 Å². The van der Waals surface area contributed by atoms with E-state index in [1.807, 2.05) is 43.4 Å². The molecule has 34 heavy (non-hydrogen) atoms. The molecule has 0 spiro atoms. The van der Waals surface area contributed by atoms with Gasteiger partial charge in [-0.1, -0.05) is 42.5 Å². The minimum atomic E-state index is -0.543. The van der Waals surface area contributed by atoms with Gasteiger partial charge >= 0.3 is 0 Å². The third-order valence-corrected chi connectivity index (χ3v) is 5.71. The van der Waals surface area contributed by atoms with Crippen LogP contribution in [-0.2, 0) is 6.54 Å². The summed E-state index contributed by atoms with van der Waals surface area (Å²) in [5.74, 6) is -0.543. The summed E-state index contributed by atoms with van der Waals surface area (Å²) in [7, 11) is 1.92. The Hall–Kier alpha value is -4.56. The second kappa shape index (κ2) is 8.76. The first-order chi connectivity index (χ1) is 16.6. The Bertz CT molecular complexity index is 1570. The smallest absolute Gasteiger partial charge is 0.284 e. The highest BCUT2D eigenvalue weighted by Crippen LogP contribution is 2.25. The zero-order chi connectivity index (χ0) is 23.7. The van der Waals surface area contributed by atoms with Crippen molar-refractivity contribution in [2.24, 2.45) is 5.73 Å². The lowest BCUT2D eigenvalue weighted by Crippen LogP contribution is -2.20. The van der Waals surface area contributed by atoms with E-state index in [0.29, 0.717) is 28.1 Å². The number of primary amides is 1. The van der Waals surface area contributed by atoms with Crippen LogP contribution in [0.25, 0.3) is 33.7 Å². The molecule has 0 aliphatic rings. The van der Waals surface area contributed by atoms with Crippen molar-refractivity contribution in [1.82, 2.24) is 24.4 Å². The molecule has 0 saturated carbocycles. The van der Waals surface area contributed by atoms with E-state index >= 15 is 0 Å². The number of imidazole rings is 1. The SMILES string of the molecule is CNCc1ccccc1-c1ccc(-n2cnc3ncn(-c4cccc(C(N)=O)c4)c3c2=O)cc1. The predicted molar refractivity (Wildman–Crippen MR) is 131 cm³/mol. The molecule has 0 atom stereocenters. The fourth-order valence-electron chi connectivity index (χ4n) is 4.05. The molecule has 0 aliphatic heterocycles. The summed E-state index contributed by atoms with van der Waals surface area (Å²) in [6.07, 6.45) is 3.00. The number of aromatic nitrogens is 4. The zero-order valence-corrected chi connectivity index (χ0v) is 18.5. The normalized spacial score (nSPS) is 11.1. The number of carbonyl (C=O) groups excluding carboxylic acids is 1. The van der Waals surface area contributed by atoms with Crippen molar-refractivity contribution in [2.75, 3.05) is 7.05 Å². The van der Waals surface area contributed by atoms with Gasteiger partial charge < -0.3 is 11.1 Å². The Labute approximate surface area is 195 Å². The van der Waals surface area contributed by atoms with Crippen LogP contribution in [0.15, 0.2) is 90.2 Å². The minimum absolute atomic E-state index is 0.268. The molecule has 2 heterocycles. The number of fused-ring (bicyclic) bond motifs is 1. The minimum Gasteiger partial charge on any atom is -0.366 e. The molecule has 0 unspecified atom stereocenters. The summed E-state index contributed by atoms with van der Waals surface area (Å²) in [5.41, 5.74) is 10.8. The van der Waals surface area contributed by atoms with Crippen molar-refractivity contribution in [3.63, 3.8) is 0 Å². The number of nitrogens with two attached hydrogens (primary N) is 1. The maximum absolute atomic E-state index is 13.5. The maximum atomic E-state index is 13.5. The largest absolute Gasteiger partial charge is 0.366 e. The molecule has 8 heteroatoms. The van der Waals surface area contributed by atoms with Crippen LogP contribution in [0.2, 0.25) is 0 Å². The van der Waals surface area contributed by atoms with Crippen molar-refractivity contribution >= 4 is 17.1 Å². The van der Waals surface area contributed by atoms with E-state index in [9.17, 15) is 9.59 Å². The quantitative estimate of drug-likeness (QED) is 0.413. The maximum Gasteiger partial charge on any atom is 0.284 e. The predicted octanol–water partition coefficient (Wildman–Crippen LogP) is 3.06. The third-order valence-electron chi connectivity index (χ3n) is 5.71. The Balaban J connectivity index is 1.58. The number of rotatable bonds is 6. The van der Waals surface area contributed by atoms with E-state index in [4.69, 9.17) is 5.73 Å². The van der Waals surface area contributed by atoms with Crippen LogP contribution < -0.4 is 16.6 Å². The number of hydrogen-bond acceptors (Lipinski definition) is 5. The molecule has 0 bridgehead atoms. The molecule has 8 nitrogen and oxygen atoms in total. The summed E-state index contributed by atoms with van der Waals surface area (Å²) < 4.78 is 3.11. The van der Waals surface area contributed by atoms with Crippen molar-refractivity contribution in [3.8, 4) is 22.5 Å². The van der Waals surface area contributed by atoms with E-state index in [-0.39, 0.29) is 5.56 Å². The standard InChI is InChI=1S/C26H22N6O2/c1-28-14-19-5-2-3-8-22(19)17-9-11-20(12-10-17)32-16-30-25-23(26(32)34)31(15-29-25)21-7-4-6-18(13-21)24(27)33/h2-13,15-16,28H,14H2,1H3,(H2,27,33). The van der Waals surface area contributed by atoms with Gasteiger partial charge in [0.15, 0.2) is 11.2 Å². The van der Waals surface area contributed by atoms with Crippen LogP contribution >= 0.6 is 0 Å². The third kappa shape index (κ3) is 3.76. The highest BCUT2D eigenvalue weighted by atomic mass is 16.1. The lowest BCUT2D eigenvalue weighted by molar-refractivity contribution is 0.1000. The number of benzene rings is 3. The first kappa shape index (κ1) is 21.3. The fourth-order valence-corrected chi connectivity index (χ4v) is 4.05. The molecular weight excluding hydrogens is 428 g/mol. The van der Waals surface area contributed by atoms with Gasteiger partial charge in [-0.2, -0.15) is 0 Å². The van der Waals surface area contributed by atoms with Crippen molar-refractivity contribution < 1.29 is 4.79 Å². The van der Waals surface area contributed by atoms with Crippen LogP contribution in [0.3, 0.4) is 0 Å². The molecule has 3 aromatic carbocycles. The van der Waals surface area contributed by atoms with E-state index in [0.717, 1.165) is 17.7 Å². The van der Waals surface area contributed by atoms with Gasteiger partial charge in [-0.05, 0) is 54.1 Å². The van der Waals surface area contributed by atoms with Gasteiger partial charge in [0.25, 0.3) is 5.56 Å². The van der Waals surface area contributed by atoms with Crippen LogP contribution in [0, 0.1) is 0 Å². The second-order valence-electron chi connectivity index (χ2n) is 7.86. The Morgan fingerprint density at radius 2 is 1.65 bits per heavy atom. The van der Waals surface area contributed by atoms with E-state index < -0.39 is 5.91 Å². The molecule has 0 aliphatic carbocycles. The van der Waals surface area contributed by atoms with E-state index in [1.165, 1.54) is 22.8 Å². The average Bonchev–Trinajstić information content (AvgIpc) is 3.30. The van der Waals surface area contributed by atoms with Crippen molar-refractivity contribution in [2.45, 2.75) is 6.54 Å². The van der Waals surface area contributed by atoms with Crippen molar-refractivity contribution in [1.29, 1.82) is 0 Å². The molecule has 5 aromatic rings. The first-order valence-electron chi connectivity index (χ1n) is 10.7. The number of carbonyl (C=O) groups is 1. The Kier molecular flexibility index (Phi) is 5.49. The zero-order valence-electron chi connectivity index (χ0n) is 18.5. The van der Waals surface area contributed by atoms with Gasteiger partial charge in [-0.3, -0.25) is 18.7 Å². The first-order valence-corrected chi connectivity index (χ1v) is 10.7. The van der Waals surface area contributed by atoms with Gasteiger partial charge in [0.05, 0.1) is 5.69 Å². The Morgan fingerprint density at radius 3 is 2.38 bits per heavy atom. The van der Waals surface area contributed by atoms with E-state index in [2.05, 4.69) is 27.4 Å².